The topological polar surface area (TPSA) is 66.5 Å². The average Bonchev–Trinajstić information content (AvgIpc) is 2.63. The summed E-state index contributed by atoms with van der Waals surface area (Å²) in [5.41, 5.74) is -4.42. The van der Waals surface area contributed by atoms with Crippen molar-refractivity contribution in [1.29, 1.82) is 0 Å². The lowest BCUT2D eigenvalue weighted by atomic mass is 9.74. The molecule has 0 bridgehead atoms. The second kappa shape index (κ2) is 7.15. The number of rotatable bonds is 2. The summed E-state index contributed by atoms with van der Waals surface area (Å²) in [5.74, 6) is -0.344. The predicted octanol–water partition coefficient (Wildman–Crippen LogP) is 3.41. The summed E-state index contributed by atoms with van der Waals surface area (Å²) in [6, 6.07) is 0.283. The minimum atomic E-state index is -5.15. The van der Waals surface area contributed by atoms with E-state index in [1.807, 2.05) is 0 Å². The summed E-state index contributed by atoms with van der Waals surface area (Å²) < 4.78 is 105. The number of hydrogen-bond donors (Lipinski definition) is 1. The van der Waals surface area contributed by atoms with Gasteiger partial charge in [-0.05, 0) is 43.9 Å². The summed E-state index contributed by atoms with van der Waals surface area (Å²) >= 11 is 0. The van der Waals surface area contributed by atoms with Crippen LogP contribution in [0.15, 0.2) is 23.1 Å². The molecule has 1 atom stereocenters. The van der Waals surface area contributed by atoms with Crippen LogP contribution in [-0.4, -0.2) is 38.3 Å². The van der Waals surface area contributed by atoms with Crippen molar-refractivity contribution in [3.05, 3.63) is 29.3 Å². The molecule has 2 aliphatic rings. The molecule has 162 valence electrons. The number of carbonyl (C=O) groups is 1. The van der Waals surface area contributed by atoms with Crippen LogP contribution in [0, 0.1) is 5.41 Å². The third-order valence-corrected chi connectivity index (χ3v) is 7.16. The van der Waals surface area contributed by atoms with Gasteiger partial charge in [-0.15, -0.1) is 0 Å². The van der Waals surface area contributed by atoms with E-state index < -0.39 is 43.8 Å². The van der Waals surface area contributed by atoms with Crippen LogP contribution in [0.2, 0.25) is 0 Å². The third kappa shape index (κ3) is 4.23. The summed E-state index contributed by atoms with van der Waals surface area (Å²) in [6.07, 6.45) is -8.61. The summed E-state index contributed by atoms with van der Waals surface area (Å²) in [5, 5.41) is 2.65. The fourth-order valence-corrected chi connectivity index (χ4v) is 5.47. The Bertz CT molecular complexity index is 876. The first kappa shape index (κ1) is 21.9. The number of sulfonamides is 1. The van der Waals surface area contributed by atoms with Gasteiger partial charge in [0.25, 0.3) is 0 Å². The van der Waals surface area contributed by atoms with E-state index in [-0.39, 0.29) is 43.6 Å². The predicted molar refractivity (Wildman–Crippen MR) is 89.1 cm³/mol. The molecule has 1 aromatic carbocycles. The first-order chi connectivity index (χ1) is 13.3. The molecule has 29 heavy (non-hydrogen) atoms. The Morgan fingerprint density at radius 2 is 1.48 bits per heavy atom. The lowest BCUT2D eigenvalue weighted by molar-refractivity contribution is -0.143. The molecule has 1 unspecified atom stereocenters. The van der Waals surface area contributed by atoms with Crippen LogP contribution in [0.1, 0.15) is 36.8 Å². The van der Waals surface area contributed by atoms with Crippen molar-refractivity contribution in [1.82, 2.24) is 9.62 Å². The highest BCUT2D eigenvalue weighted by atomic mass is 32.2. The monoisotopic (exact) mass is 444 g/mol. The number of halogens is 6. The Kier molecular flexibility index (Phi) is 5.39. The Balaban J connectivity index is 2.03. The fraction of sp³-hybridized carbons (Fsp3) is 0.588. The van der Waals surface area contributed by atoms with Crippen molar-refractivity contribution in [2.75, 3.05) is 19.6 Å². The highest BCUT2D eigenvalue weighted by molar-refractivity contribution is 7.89. The number of hydrogen-bond acceptors (Lipinski definition) is 3. The van der Waals surface area contributed by atoms with Gasteiger partial charge in [0.05, 0.1) is 21.4 Å². The molecule has 12 heteroatoms. The van der Waals surface area contributed by atoms with E-state index in [0.29, 0.717) is 25.8 Å². The third-order valence-electron chi connectivity index (χ3n) is 5.34. The molecule has 1 aromatic rings. The van der Waals surface area contributed by atoms with Gasteiger partial charge in [0.1, 0.15) is 0 Å². The molecule has 2 heterocycles. The largest absolute Gasteiger partial charge is 0.416 e. The minimum absolute atomic E-state index is 0.0883. The maximum Gasteiger partial charge on any atom is 0.416 e. The van der Waals surface area contributed by atoms with E-state index in [9.17, 15) is 39.6 Å². The van der Waals surface area contributed by atoms with Crippen LogP contribution in [0.4, 0.5) is 26.3 Å². The van der Waals surface area contributed by atoms with Crippen LogP contribution >= 0.6 is 0 Å². The van der Waals surface area contributed by atoms with Crippen LogP contribution in [-0.2, 0) is 27.2 Å². The smallest absolute Gasteiger partial charge is 0.356 e. The highest BCUT2D eigenvalue weighted by Crippen LogP contribution is 2.41. The van der Waals surface area contributed by atoms with Gasteiger partial charge in [0.2, 0.25) is 15.9 Å². The van der Waals surface area contributed by atoms with Crippen molar-refractivity contribution in [3.63, 3.8) is 0 Å². The van der Waals surface area contributed by atoms with Crippen LogP contribution in [0.25, 0.3) is 0 Å². The molecule has 0 aromatic heterocycles. The number of amides is 1. The van der Waals surface area contributed by atoms with Crippen LogP contribution in [0.5, 0.6) is 0 Å². The van der Waals surface area contributed by atoms with Crippen molar-refractivity contribution >= 4 is 15.9 Å². The normalized spacial score (nSPS) is 24.6. The van der Waals surface area contributed by atoms with Gasteiger partial charge in [0.15, 0.2) is 0 Å². The number of piperidine rings is 2. The second-order valence-corrected chi connectivity index (χ2v) is 9.26. The minimum Gasteiger partial charge on any atom is -0.356 e. The van der Waals surface area contributed by atoms with Gasteiger partial charge < -0.3 is 5.32 Å². The molecule has 2 saturated heterocycles. The van der Waals surface area contributed by atoms with Gasteiger partial charge in [0, 0.05) is 19.6 Å². The first-order valence-electron chi connectivity index (χ1n) is 8.84. The lowest BCUT2D eigenvalue weighted by Gasteiger charge is -2.43. The molecule has 0 radical (unpaired) electrons. The molecule has 5 nitrogen and oxygen atoms in total. The summed E-state index contributed by atoms with van der Waals surface area (Å²) in [7, 11) is -4.67. The fourth-order valence-electron chi connectivity index (χ4n) is 3.84. The summed E-state index contributed by atoms with van der Waals surface area (Å²) in [4.78, 5) is 11.2. The van der Waals surface area contributed by atoms with Gasteiger partial charge >= 0.3 is 12.4 Å². The quantitative estimate of drug-likeness (QED) is 0.712. The highest BCUT2D eigenvalue weighted by Gasteiger charge is 2.47. The van der Waals surface area contributed by atoms with Crippen molar-refractivity contribution in [2.24, 2.45) is 5.41 Å². The molecular weight excluding hydrogens is 426 g/mol. The van der Waals surface area contributed by atoms with Crippen LogP contribution in [0.3, 0.4) is 0 Å². The van der Waals surface area contributed by atoms with E-state index >= 15 is 0 Å². The Morgan fingerprint density at radius 1 is 0.931 bits per heavy atom. The molecule has 1 N–H and O–H groups in total. The van der Waals surface area contributed by atoms with E-state index in [2.05, 4.69) is 5.32 Å². The van der Waals surface area contributed by atoms with E-state index in [4.69, 9.17) is 0 Å². The Labute approximate surface area is 163 Å². The van der Waals surface area contributed by atoms with Crippen molar-refractivity contribution in [3.8, 4) is 0 Å². The SMILES string of the molecule is O=C1NCCCC12CCCN(S(=O)(=O)c1cc(C(F)(F)F)cc(C(F)(F)F)c1)C2. The Hall–Kier alpha value is -1.82. The van der Waals surface area contributed by atoms with E-state index in [1.165, 1.54) is 0 Å². The summed E-state index contributed by atoms with van der Waals surface area (Å²) in [6.45, 7) is 0.0730. The maximum atomic E-state index is 13.1. The number of alkyl halides is 6. The molecular formula is C17H18F6N2O3S. The second-order valence-electron chi connectivity index (χ2n) is 7.32. The van der Waals surface area contributed by atoms with Gasteiger partial charge in [-0.1, -0.05) is 0 Å². The number of nitrogens with one attached hydrogen (secondary N) is 1. The standard InChI is InChI=1S/C17H18F6N2O3S/c18-16(19,20)11-7-12(17(21,22)23)9-13(8-11)29(27,28)25-6-2-4-15(10-25)3-1-5-24-14(15)26/h7-9H,1-6,10H2,(H,24,26). The number of carbonyl (C=O) groups excluding carboxylic acids is 1. The zero-order valence-corrected chi connectivity index (χ0v) is 15.8. The molecule has 2 aliphatic heterocycles. The molecule has 1 spiro atoms. The number of benzene rings is 1. The maximum absolute atomic E-state index is 13.1. The van der Waals surface area contributed by atoms with Gasteiger partial charge in [-0.2, -0.15) is 30.6 Å². The lowest BCUT2D eigenvalue weighted by Crippen LogP contribution is -2.55. The molecule has 3 rings (SSSR count). The first-order valence-corrected chi connectivity index (χ1v) is 10.3. The zero-order valence-electron chi connectivity index (χ0n) is 15.0. The zero-order chi connectivity index (χ0) is 21.7. The van der Waals surface area contributed by atoms with Crippen LogP contribution < -0.4 is 5.32 Å². The molecule has 1 amide bonds. The molecule has 0 saturated carbocycles. The van der Waals surface area contributed by atoms with E-state index in [1.54, 1.807) is 0 Å². The molecule has 2 fully saturated rings. The van der Waals surface area contributed by atoms with Crippen molar-refractivity contribution in [2.45, 2.75) is 42.9 Å². The Morgan fingerprint density at radius 3 is 2.00 bits per heavy atom. The van der Waals surface area contributed by atoms with E-state index in [0.717, 1.165) is 4.31 Å². The van der Waals surface area contributed by atoms with Gasteiger partial charge in [-0.3, -0.25) is 4.79 Å². The van der Waals surface area contributed by atoms with Gasteiger partial charge in [-0.25, -0.2) is 8.42 Å². The molecule has 0 aliphatic carbocycles. The average molecular weight is 444 g/mol. The van der Waals surface area contributed by atoms with Crippen molar-refractivity contribution < 1.29 is 39.6 Å². The number of nitrogens with zero attached hydrogens (tertiary/aromatic N) is 1.